The predicted molar refractivity (Wildman–Crippen MR) is 54.9 cm³/mol. The maximum absolute atomic E-state index is 11.7. The van der Waals surface area contributed by atoms with E-state index < -0.39 is 0 Å². The van der Waals surface area contributed by atoms with Gasteiger partial charge >= 0.3 is 0 Å². The number of anilines is 2. The first kappa shape index (κ1) is 9.64. The summed E-state index contributed by atoms with van der Waals surface area (Å²) in [6.07, 6.45) is 3.19. The van der Waals surface area contributed by atoms with E-state index in [0.29, 0.717) is 11.4 Å². The maximum atomic E-state index is 11.7. The van der Waals surface area contributed by atoms with Crippen LogP contribution >= 0.6 is 0 Å². The van der Waals surface area contributed by atoms with Crippen molar-refractivity contribution in [1.82, 2.24) is 4.98 Å². The number of nitrogens with two attached hydrogens (primary N) is 1. The van der Waals surface area contributed by atoms with Gasteiger partial charge < -0.3 is 5.73 Å². The molecule has 0 spiro atoms. The van der Waals surface area contributed by atoms with Gasteiger partial charge in [-0.3, -0.25) is 14.6 Å². The molecule has 5 nitrogen and oxygen atoms in total. The molecule has 1 unspecified atom stereocenters. The topological polar surface area (TPSA) is 76.3 Å². The molecule has 1 aromatic rings. The van der Waals surface area contributed by atoms with Crippen molar-refractivity contribution in [1.29, 1.82) is 0 Å². The minimum atomic E-state index is -0.259. The van der Waals surface area contributed by atoms with Crippen LogP contribution in [0.25, 0.3) is 0 Å². The Bertz CT molecular complexity index is 430. The van der Waals surface area contributed by atoms with Gasteiger partial charge in [-0.05, 0) is 6.07 Å². The van der Waals surface area contributed by atoms with Crippen LogP contribution < -0.4 is 10.6 Å². The summed E-state index contributed by atoms with van der Waals surface area (Å²) in [7, 11) is 0. The Morgan fingerprint density at radius 2 is 2.27 bits per heavy atom. The van der Waals surface area contributed by atoms with Crippen LogP contribution in [0.2, 0.25) is 0 Å². The summed E-state index contributed by atoms with van der Waals surface area (Å²) < 4.78 is 0. The average Bonchev–Trinajstić information content (AvgIpc) is 2.43. The average molecular weight is 205 g/mol. The highest BCUT2D eigenvalue weighted by atomic mass is 16.2. The number of carbonyl (C=O) groups is 2. The Kier molecular flexibility index (Phi) is 2.15. The molecule has 0 saturated carbocycles. The second kappa shape index (κ2) is 3.34. The van der Waals surface area contributed by atoms with Gasteiger partial charge in [0.05, 0.1) is 17.6 Å². The monoisotopic (exact) mass is 205 g/mol. The van der Waals surface area contributed by atoms with E-state index in [2.05, 4.69) is 4.98 Å². The van der Waals surface area contributed by atoms with Crippen molar-refractivity contribution >= 4 is 23.2 Å². The molecular weight excluding hydrogens is 194 g/mol. The Balaban J connectivity index is 2.44. The van der Waals surface area contributed by atoms with Gasteiger partial charge in [-0.25, -0.2) is 4.90 Å². The third kappa shape index (κ3) is 1.45. The lowest BCUT2D eigenvalue weighted by atomic mass is 10.1. The fourth-order valence-electron chi connectivity index (χ4n) is 1.64. The fourth-order valence-corrected chi connectivity index (χ4v) is 1.64. The lowest BCUT2D eigenvalue weighted by Gasteiger charge is -2.15. The lowest BCUT2D eigenvalue weighted by Crippen LogP contribution is -2.30. The first-order valence-corrected chi connectivity index (χ1v) is 4.67. The number of hydrogen-bond donors (Lipinski definition) is 1. The maximum Gasteiger partial charge on any atom is 0.237 e. The zero-order chi connectivity index (χ0) is 11.0. The molecule has 0 bridgehead atoms. The van der Waals surface area contributed by atoms with Crippen molar-refractivity contribution in [3.63, 3.8) is 0 Å². The molecule has 1 fully saturated rings. The highest BCUT2D eigenvalue weighted by Crippen LogP contribution is 2.29. The van der Waals surface area contributed by atoms with E-state index >= 15 is 0 Å². The van der Waals surface area contributed by atoms with Crippen molar-refractivity contribution < 1.29 is 9.59 Å². The van der Waals surface area contributed by atoms with Crippen molar-refractivity contribution in [2.45, 2.75) is 13.3 Å². The quantitative estimate of drug-likeness (QED) is 0.680. The predicted octanol–water partition coefficient (Wildman–Crippen LogP) is 0.563. The van der Waals surface area contributed by atoms with Gasteiger partial charge in [0.1, 0.15) is 0 Å². The van der Waals surface area contributed by atoms with Crippen LogP contribution in [0.4, 0.5) is 11.4 Å². The van der Waals surface area contributed by atoms with E-state index in [4.69, 9.17) is 5.73 Å². The number of nitrogen functional groups attached to an aromatic ring is 1. The van der Waals surface area contributed by atoms with Crippen LogP contribution in [0.5, 0.6) is 0 Å². The lowest BCUT2D eigenvalue weighted by molar-refractivity contribution is -0.122. The minimum absolute atomic E-state index is 0.196. The third-order valence-corrected chi connectivity index (χ3v) is 2.44. The number of rotatable bonds is 1. The van der Waals surface area contributed by atoms with Crippen LogP contribution in [0.1, 0.15) is 13.3 Å². The second-order valence-corrected chi connectivity index (χ2v) is 3.61. The fraction of sp³-hybridized carbons (Fsp3) is 0.300. The van der Waals surface area contributed by atoms with Gasteiger partial charge in [0, 0.05) is 18.5 Å². The number of aromatic nitrogens is 1. The highest BCUT2D eigenvalue weighted by molar-refractivity contribution is 6.21. The molecule has 1 aliphatic rings. The highest BCUT2D eigenvalue weighted by Gasteiger charge is 2.37. The van der Waals surface area contributed by atoms with Crippen LogP contribution in [0, 0.1) is 5.92 Å². The van der Waals surface area contributed by atoms with E-state index in [9.17, 15) is 9.59 Å². The third-order valence-electron chi connectivity index (χ3n) is 2.44. The molecule has 0 aromatic carbocycles. The van der Waals surface area contributed by atoms with Gasteiger partial charge in [-0.1, -0.05) is 6.92 Å². The summed E-state index contributed by atoms with van der Waals surface area (Å²) in [6.45, 7) is 1.73. The standard InChI is InChI=1S/C10H11N3O2/c1-6-4-9(14)13(10(6)15)8-2-3-12-5-7(8)11/h2-3,5-6H,4,11H2,1H3. The molecule has 5 heteroatoms. The molecule has 1 atom stereocenters. The Morgan fingerprint density at radius 3 is 2.80 bits per heavy atom. The van der Waals surface area contributed by atoms with E-state index in [1.165, 1.54) is 12.4 Å². The van der Waals surface area contributed by atoms with Crippen LogP contribution in [-0.2, 0) is 9.59 Å². The number of imide groups is 1. The van der Waals surface area contributed by atoms with Gasteiger partial charge in [0.25, 0.3) is 0 Å². The minimum Gasteiger partial charge on any atom is -0.396 e. The zero-order valence-electron chi connectivity index (χ0n) is 8.30. The zero-order valence-corrected chi connectivity index (χ0v) is 8.30. The van der Waals surface area contributed by atoms with Crippen molar-refractivity contribution in [3.8, 4) is 0 Å². The van der Waals surface area contributed by atoms with E-state index in [0.717, 1.165) is 4.90 Å². The van der Waals surface area contributed by atoms with Crippen molar-refractivity contribution in [3.05, 3.63) is 18.5 Å². The van der Waals surface area contributed by atoms with Crippen LogP contribution in [0.15, 0.2) is 18.5 Å². The van der Waals surface area contributed by atoms with Gasteiger partial charge in [-0.2, -0.15) is 0 Å². The van der Waals surface area contributed by atoms with Crippen molar-refractivity contribution in [2.24, 2.45) is 5.92 Å². The molecule has 15 heavy (non-hydrogen) atoms. The van der Waals surface area contributed by atoms with E-state index in [1.54, 1.807) is 13.0 Å². The number of pyridine rings is 1. The normalized spacial score (nSPS) is 21.1. The van der Waals surface area contributed by atoms with Gasteiger partial charge in [0.15, 0.2) is 0 Å². The molecule has 2 amide bonds. The molecule has 2 N–H and O–H groups in total. The van der Waals surface area contributed by atoms with E-state index in [1.807, 2.05) is 0 Å². The molecule has 2 heterocycles. The summed E-state index contributed by atoms with van der Waals surface area (Å²) in [5, 5.41) is 0. The second-order valence-electron chi connectivity index (χ2n) is 3.61. The van der Waals surface area contributed by atoms with Gasteiger partial charge in [-0.15, -0.1) is 0 Å². The van der Waals surface area contributed by atoms with E-state index in [-0.39, 0.29) is 24.2 Å². The SMILES string of the molecule is CC1CC(=O)N(c2ccncc2N)C1=O. The van der Waals surface area contributed by atoms with Gasteiger partial charge in [0.2, 0.25) is 11.8 Å². The Morgan fingerprint density at radius 1 is 1.53 bits per heavy atom. The summed E-state index contributed by atoms with van der Waals surface area (Å²) in [6, 6.07) is 1.57. The molecular formula is C10H11N3O2. The Labute approximate surface area is 86.9 Å². The van der Waals surface area contributed by atoms with Crippen LogP contribution in [-0.4, -0.2) is 16.8 Å². The molecule has 0 aliphatic carbocycles. The number of carbonyl (C=O) groups excluding carboxylic acids is 2. The molecule has 1 aliphatic heterocycles. The molecule has 78 valence electrons. The Hall–Kier alpha value is -1.91. The number of amides is 2. The van der Waals surface area contributed by atoms with Crippen molar-refractivity contribution in [2.75, 3.05) is 10.6 Å². The van der Waals surface area contributed by atoms with Crippen LogP contribution in [0.3, 0.4) is 0 Å². The molecule has 1 aromatic heterocycles. The number of nitrogens with zero attached hydrogens (tertiary/aromatic N) is 2. The summed E-state index contributed by atoms with van der Waals surface area (Å²) in [5.74, 6) is -0.659. The molecule has 0 radical (unpaired) electrons. The smallest absolute Gasteiger partial charge is 0.237 e. The summed E-state index contributed by atoms with van der Waals surface area (Å²) in [4.78, 5) is 28.2. The summed E-state index contributed by atoms with van der Waals surface area (Å²) >= 11 is 0. The molecule has 2 rings (SSSR count). The summed E-state index contributed by atoms with van der Waals surface area (Å²) in [5.41, 5.74) is 6.44. The molecule has 1 saturated heterocycles. The number of hydrogen-bond acceptors (Lipinski definition) is 4. The first-order valence-electron chi connectivity index (χ1n) is 4.67. The first-order chi connectivity index (χ1) is 7.11. The largest absolute Gasteiger partial charge is 0.396 e.